The minimum Gasteiger partial charge on any atom is -0.495 e. The van der Waals surface area contributed by atoms with Crippen LogP contribution in [0.5, 0.6) is 5.75 Å². The first-order valence-corrected chi connectivity index (χ1v) is 9.98. The van der Waals surface area contributed by atoms with Crippen LogP contribution in [0, 0.1) is 11.3 Å². The third-order valence-electron chi connectivity index (χ3n) is 5.00. The second kappa shape index (κ2) is 9.40. The van der Waals surface area contributed by atoms with E-state index in [4.69, 9.17) is 14.9 Å². The summed E-state index contributed by atoms with van der Waals surface area (Å²) in [5, 5.41) is 18.1. The minimum absolute atomic E-state index is 0.444. The van der Waals surface area contributed by atoms with Crippen molar-refractivity contribution >= 4 is 40.1 Å². The van der Waals surface area contributed by atoms with E-state index < -0.39 is 0 Å². The molecule has 1 aliphatic heterocycles. The zero-order valence-corrected chi connectivity index (χ0v) is 17.5. The first-order chi connectivity index (χ1) is 15.2. The van der Waals surface area contributed by atoms with E-state index >= 15 is 0 Å². The van der Waals surface area contributed by atoms with Gasteiger partial charge in [-0.2, -0.15) is 0 Å². The molecule has 1 saturated heterocycles. The maximum Gasteiger partial charge on any atom is 0.227 e. The zero-order chi connectivity index (χ0) is 21.6. The molecule has 9 nitrogen and oxygen atoms in total. The van der Waals surface area contributed by atoms with Gasteiger partial charge in [-0.1, -0.05) is 6.07 Å². The molecule has 160 valence electrons. The van der Waals surface area contributed by atoms with E-state index in [9.17, 15) is 0 Å². The smallest absolute Gasteiger partial charge is 0.227 e. The number of nitrogens with zero attached hydrogens (tertiary/aromatic N) is 3. The molecule has 4 N–H and O–H groups in total. The van der Waals surface area contributed by atoms with Gasteiger partial charge in [0.05, 0.1) is 26.0 Å². The van der Waals surface area contributed by atoms with Crippen molar-refractivity contribution in [2.45, 2.75) is 0 Å². The van der Waals surface area contributed by atoms with Gasteiger partial charge in [-0.3, -0.25) is 0 Å². The lowest BCUT2D eigenvalue weighted by molar-refractivity contribution is -0.0248. The fraction of sp³-hybridized carbons (Fsp3) is 0.273. The van der Waals surface area contributed by atoms with Crippen LogP contribution in [0.25, 0.3) is 16.5 Å². The largest absolute Gasteiger partial charge is 0.495 e. The van der Waals surface area contributed by atoms with Gasteiger partial charge in [-0.25, -0.2) is 15.0 Å². The molecule has 0 radical (unpaired) electrons. The quantitative estimate of drug-likeness (QED) is 0.391. The van der Waals surface area contributed by atoms with Crippen LogP contribution in [0.3, 0.4) is 0 Å². The second-order valence-electron chi connectivity index (χ2n) is 7.15. The van der Waals surface area contributed by atoms with Crippen molar-refractivity contribution in [3.05, 3.63) is 48.4 Å². The van der Waals surface area contributed by atoms with Gasteiger partial charge >= 0.3 is 0 Å². The van der Waals surface area contributed by atoms with Gasteiger partial charge in [0, 0.05) is 55.3 Å². The van der Waals surface area contributed by atoms with Crippen LogP contribution in [0.1, 0.15) is 5.56 Å². The number of benzene rings is 1. The van der Waals surface area contributed by atoms with Crippen LogP contribution >= 0.6 is 0 Å². The maximum atomic E-state index is 7.61. The summed E-state index contributed by atoms with van der Waals surface area (Å²) in [6.07, 6.45) is 6.58. The molecule has 1 fully saturated rings. The van der Waals surface area contributed by atoms with Crippen LogP contribution in [-0.2, 0) is 4.74 Å². The van der Waals surface area contributed by atoms with Crippen molar-refractivity contribution in [3.8, 4) is 5.75 Å². The topological polar surface area (TPSA) is 117 Å². The molecule has 0 bridgehead atoms. The molecule has 0 atom stereocenters. The highest BCUT2D eigenvalue weighted by Crippen LogP contribution is 2.30. The number of rotatable bonds is 9. The van der Waals surface area contributed by atoms with Crippen LogP contribution in [0.4, 0.5) is 17.5 Å². The molecule has 0 aliphatic carbocycles. The molecule has 1 aromatic carbocycles. The number of hydrogen-bond donors (Lipinski definition) is 4. The molecule has 0 spiro atoms. The number of nitrogens with one attached hydrogen (secondary N) is 4. The summed E-state index contributed by atoms with van der Waals surface area (Å²) in [4.78, 5) is 13.6. The fourth-order valence-corrected chi connectivity index (χ4v) is 3.25. The predicted molar refractivity (Wildman–Crippen MR) is 122 cm³/mol. The number of allylic oxidation sites excluding steroid dienone is 1. The van der Waals surface area contributed by atoms with Crippen molar-refractivity contribution in [2.24, 2.45) is 5.92 Å². The number of ether oxygens (including phenoxy) is 2. The average molecular weight is 419 g/mol. The lowest BCUT2D eigenvalue weighted by atomic mass is 10.1. The zero-order valence-electron chi connectivity index (χ0n) is 17.5. The fourth-order valence-electron chi connectivity index (χ4n) is 3.25. The molecular formula is C22H25N7O2. The molecule has 3 aromatic rings. The van der Waals surface area contributed by atoms with Crippen molar-refractivity contribution in [3.63, 3.8) is 0 Å². The van der Waals surface area contributed by atoms with Crippen molar-refractivity contribution in [1.82, 2.24) is 20.3 Å². The van der Waals surface area contributed by atoms with Crippen LogP contribution in [-0.4, -0.2) is 55.1 Å². The monoisotopic (exact) mass is 419 g/mol. The molecule has 0 saturated carbocycles. The highest BCUT2D eigenvalue weighted by atomic mass is 16.5. The number of hydrogen-bond acceptors (Lipinski definition) is 9. The Labute approximate surface area is 180 Å². The molecule has 2 aromatic heterocycles. The molecule has 31 heavy (non-hydrogen) atoms. The Kier molecular flexibility index (Phi) is 6.23. The molecule has 0 amide bonds. The SMILES string of the molecule is CN/C=C(\C=N)c1ccc(Nc2ncc3ccnc(NCC4COC4)c3n2)c(OC)c1. The second-order valence-corrected chi connectivity index (χ2v) is 7.15. The number of aromatic nitrogens is 3. The van der Waals surface area contributed by atoms with Crippen LogP contribution < -0.4 is 20.7 Å². The highest BCUT2D eigenvalue weighted by Gasteiger charge is 2.18. The summed E-state index contributed by atoms with van der Waals surface area (Å²) in [7, 11) is 3.40. The Hall–Kier alpha value is -3.72. The molecule has 9 heteroatoms. The summed E-state index contributed by atoms with van der Waals surface area (Å²) in [6, 6.07) is 7.55. The van der Waals surface area contributed by atoms with Crippen LogP contribution in [0.2, 0.25) is 0 Å². The maximum absolute atomic E-state index is 7.61. The number of methoxy groups -OCH3 is 1. The standard InChI is InChI=1S/C22H25N7O2/c1-24-10-17(8-23)15-3-4-18(19(7-15)30-2)28-22-27-11-16-5-6-25-21(20(16)29-22)26-9-14-12-31-13-14/h3-8,10-11,14,23-24H,9,12-13H2,1-2H3,(H,25,26)(H,27,28,29)/b17-10+,23-8?. The first kappa shape index (κ1) is 20.5. The molecular weight excluding hydrogens is 394 g/mol. The van der Waals surface area contributed by atoms with Gasteiger partial charge in [0.25, 0.3) is 0 Å². The van der Waals surface area contributed by atoms with E-state index in [2.05, 4.69) is 30.9 Å². The molecule has 3 heterocycles. The van der Waals surface area contributed by atoms with E-state index in [-0.39, 0.29) is 0 Å². The average Bonchev–Trinajstić information content (AvgIpc) is 2.77. The summed E-state index contributed by atoms with van der Waals surface area (Å²) >= 11 is 0. The Morgan fingerprint density at radius 2 is 2.16 bits per heavy atom. The summed E-state index contributed by atoms with van der Waals surface area (Å²) in [5.41, 5.74) is 3.08. The lowest BCUT2D eigenvalue weighted by Crippen LogP contribution is -2.33. The molecule has 1 aliphatic rings. The van der Waals surface area contributed by atoms with E-state index in [0.717, 1.165) is 53.3 Å². The lowest BCUT2D eigenvalue weighted by Gasteiger charge is -2.26. The third-order valence-corrected chi connectivity index (χ3v) is 5.00. The number of pyridine rings is 1. The van der Waals surface area contributed by atoms with E-state index in [1.54, 1.807) is 32.8 Å². The third kappa shape index (κ3) is 4.56. The number of anilines is 3. The normalized spacial score (nSPS) is 14.1. The molecule has 0 unspecified atom stereocenters. The minimum atomic E-state index is 0.444. The number of fused-ring (bicyclic) bond motifs is 1. The summed E-state index contributed by atoms with van der Waals surface area (Å²) in [5.74, 6) is 2.30. The predicted octanol–water partition coefficient (Wildman–Crippen LogP) is 3.05. The van der Waals surface area contributed by atoms with Crippen molar-refractivity contribution < 1.29 is 9.47 Å². The van der Waals surface area contributed by atoms with Gasteiger partial charge in [-0.15, -0.1) is 0 Å². The van der Waals surface area contributed by atoms with Crippen molar-refractivity contribution in [2.75, 3.05) is 44.5 Å². The van der Waals surface area contributed by atoms with Gasteiger partial charge in [-0.05, 0) is 23.8 Å². The van der Waals surface area contributed by atoms with E-state index in [1.165, 1.54) is 6.21 Å². The van der Waals surface area contributed by atoms with Gasteiger partial charge in [0.2, 0.25) is 5.95 Å². The molecule has 4 rings (SSSR count). The van der Waals surface area contributed by atoms with E-state index in [0.29, 0.717) is 17.6 Å². The van der Waals surface area contributed by atoms with E-state index in [1.807, 2.05) is 24.3 Å². The van der Waals surface area contributed by atoms with Gasteiger partial charge in [0.15, 0.2) is 5.82 Å². The summed E-state index contributed by atoms with van der Waals surface area (Å²) < 4.78 is 10.8. The van der Waals surface area contributed by atoms with Gasteiger partial charge < -0.3 is 30.8 Å². The Morgan fingerprint density at radius 1 is 1.29 bits per heavy atom. The van der Waals surface area contributed by atoms with Gasteiger partial charge in [0.1, 0.15) is 11.3 Å². The Morgan fingerprint density at radius 3 is 2.87 bits per heavy atom. The summed E-state index contributed by atoms with van der Waals surface area (Å²) in [6.45, 7) is 2.35. The van der Waals surface area contributed by atoms with Crippen molar-refractivity contribution in [1.29, 1.82) is 5.41 Å². The van der Waals surface area contributed by atoms with Crippen LogP contribution in [0.15, 0.2) is 42.9 Å². The highest BCUT2D eigenvalue weighted by molar-refractivity contribution is 6.08. The first-order valence-electron chi connectivity index (χ1n) is 9.98. The Bertz CT molecular complexity index is 1110. The Balaban J connectivity index is 1.60.